The fourth-order valence-electron chi connectivity index (χ4n) is 1.17. The molecule has 86 valence electrons. The highest BCUT2D eigenvalue weighted by Crippen LogP contribution is 2.12. The number of hydrogen-bond donors (Lipinski definition) is 2. The number of nitrogens with two attached hydrogens (primary N) is 1. The highest BCUT2D eigenvalue weighted by molar-refractivity contribution is 7.80. The molecule has 0 amide bonds. The number of thiocarbonyl (C=S) groups is 1. The summed E-state index contributed by atoms with van der Waals surface area (Å²) in [6.45, 7) is 3.10. The van der Waals surface area contributed by atoms with Crippen molar-refractivity contribution in [3.8, 4) is 0 Å². The van der Waals surface area contributed by atoms with Gasteiger partial charge in [0.25, 0.3) is 0 Å². The van der Waals surface area contributed by atoms with E-state index in [0.29, 0.717) is 0 Å². The van der Waals surface area contributed by atoms with E-state index in [-0.39, 0.29) is 5.11 Å². The Bertz CT molecular complexity index is 372. The van der Waals surface area contributed by atoms with Crippen molar-refractivity contribution in [3.63, 3.8) is 0 Å². The van der Waals surface area contributed by atoms with Crippen LogP contribution in [0.25, 0.3) is 0 Å². The molecular formula is C11H16N4S. The number of benzene rings is 1. The van der Waals surface area contributed by atoms with Crippen molar-refractivity contribution < 1.29 is 0 Å². The van der Waals surface area contributed by atoms with Crippen LogP contribution in [0.15, 0.2) is 29.4 Å². The summed E-state index contributed by atoms with van der Waals surface area (Å²) in [5.74, 6) is 0. The third kappa shape index (κ3) is 3.86. The molecule has 16 heavy (non-hydrogen) atoms. The zero-order valence-corrected chi connectivity index (χ0v) is 10.3. The molecule has 0 heterocycles. The minimum atomic E-state index is 0.165. The van der Waals surface area contributed by atoms with Crippen molar-refractivity contribution in [1.82, 2.24) is 5.43 Å². The SMILES string of the molecule is CCN(C)c1ccc(C=NNC(N)=S)cc1. The zero-order valence-electron chi connectivity index (χ0n) is 9.47. The van der Waals surface area contributed by atoms with E-state index in [9.17, 15) is 0 Å². The van der Waals surface area contributed by atoms with Crippen LogP contribution >= 0.6 is 12.2 Å². The average Bonchev–Trinajstić information content (AvgIpc) is 2.28. The predicted molar refractivity (Wildman–Crippen MR) is 72.9 cm³/mol. The van der Waals surface area contributed by atoms with Crippen molar-refractivity contribution >= 4 is 29.2 Å². The lowest BCUT2D eigenvalue weighted by Gasteiger charge is -2.16. The van der Waals surface area contributed by atoms with Crippen LogP contribution < -0.4 is 16.1 Å². The van der Waals surface area contributed by atoms with Gasteiger partial charge < -0.3 is 10.6 Å². The largest absolute Gasteiger partial charge is 0.375 e. The molecule has 1 rings (SSSR count). The molecule has 1 aromatic rings. The van der Waals surface area contributed by atoms with Gasteiger partial charge in [0.1, 0.15) is 0 Å². The molecule has 0 aliphatic heterocycles. The third-order valence-electron chi connectivity index (χ3n) is 2.20. The van der Waals surface area contributed by atoms with E-state index < -0.39 is 0 Å². The summed E-state index contributed by atoms with van der Waals surface area (Å²) in [5, 5.41) is 4.05. The first kappa shape index (κ1) is 12.4. The van der Waals surface area contributed by atoms with Crippen LogP contribution in [0.1, 0.15) is 12.5 Å². The van der Waals surface area contributed by atoms with Crippen LogP contribution in [-0.2, 0) is 0 Å². The van der Waals surface area contributed by atoms with E-state index in [2.05, 4.69) is 41.6 Å². The fourth-order valence-corrected chi connectivity index (χ4v) is 1.22. The fraction of sp³-hybridized carbons (Fsp3) is 0.273. The molecule has 0 aromatic heterocycles. The van der Waals surface area contributed by atoms with Gasteiger partial charge in [-0.25, -0.2) is 0 Å². The van der Waals surface area contributed by atoms with E-state index in [4.69, 9.17) is 5.73 Å². The predicted octanol–water partition coefficient (Wildman–Crippen LogP) is 1.31. The molecule has 5 heteroatoms. The van der Waals surface area contributed by atoms with Gasteiger partial charge in [-0.05, 0) is 36.8 Å². The van der Waals surface area contributed by atoms with Crippen molar-refractivity contribution in [1.29, 1.82) is 0 Å². The summed E-state index contributed by atoms with van der Waals surface area (Å²) < 4.78 is 0. The number of hydrogen-bond acceptors (Lipinski definition) is 3. The molecule has 0 radical (unpaired) electrons. The van der Waals surface area contributed by atoms with Gasteiger partial charge in [0.15, 0.2) is 5.11 Å². The van der Waals surface area contributed by atoms with Crippen LogP contribution in [0.3, 0.4) is 0 Å². The Balaban J connectivity index is 2.64. The van der Waals surface area contributed by atoms with E-state index in [1.807, 2.05) is 24.3 Å². The lowest BCUT2D eigenvalue weighted by atomic mass is 10.2. The van der Waals surface area contributed by atoms with Gasteiger partial charge in [0.05, 0.1) is 6.21 Å². The highest BCUT2D eigenvalue weighted by Gasteiger charge is 1.96. The van der Waals surface area contributed by atoms with Crippen molar-refractivity contribution in [2.24, 2.45) is 10.8 Å². The van der Waals surface area contributed by atoms with E-state index in [1.165, 1.54) is 5.69 Å². The van der Waals surface area contributed by atoms with Crippen LogP contribution in [0.4, 0.5) is 5.69 Å². The highest BCUT2D eigenvalue weighted by atomic mass is 32.1. The zero-order chi connectivity index (χ0) is 12.0. The molecule has 0 unspecified atom stereocenters. The average molecular weight is 236 g/mol. The second-order valence-electron chi connectivity index (χ2n) is 3.34. The van der Waals surface area contributed by atoms with Gasteiger partial charge in [-0.15, -0.1) is 0 Å². The minimum Gasteiger partial charge on any atom is -0.375 e. The van der Waals surface area contributed by atoms with Crippen LogP contribution in [0.2, 0.25) is 0 Å². The Morgan fingerprint density at radius 1 is 1.50 bits per heavy atom. The summed E-state index contributed by atoms with van der Waals surface area (Å²) in [5.41, 5.74) is 9.93. The monoisotopic (exact) mass is 236 g/mol. The molecule has 0 bridgehead atoms. The second kappa shape index (κ2) is 6.07. The Hall–Kier alpha value is -1.62. The first-order valence-electron chi connectivity index (χ1n) is 5.03. The molecule has 0 saturated carbocycles. The van der Waals surface area contributed by atoms with Crippen LogP contribution in [0.5, 0.6) is 0 Å². The number of anilines is 1. The normalized spacial score (nSPS) is 10.4. The number of nitrogens with zero attached hydrogens (tertiary/aromatic N) is 2. The maximum Gasteiger partial charge on any atom is 0.184 e. The van der Waals surface area contributed by atoms with Gasteiger partial charge in [-0.2, -0.15) is 5.10 Å². The summed E-state index contributed by atoms with van der Waals surface area (Å²) >= 11 is 4.63. The van der Waals surface area contributed by atoms with Gasteiger partial charge >= 0.3 is 0 Å². The lowest BCUT2D eigenvalue weighted by Crippen LogP contribution is -2.24. The number of rotatable bonds is 4. The van der Waals surface area contributed by atoms with E-state index in [1.54, 1.807) is 6.21 Å². The molecule has 0 atom stereocenters. The molecule has 0 fully saturated rings. The Kier molecular flexibility index (Phi) is 4.72. The van der Waals surface area contributed by atoms with Gasteiger partial charge in [-0.1, -0.05) is 12.1 Å². The summed E-state index contributed by atoms with van der Waals surface area (Å²) in [6.07, 6.45) is 1.68. The Morgan fingerprint density at radius 3 is 2.62 bits per heavy atom. The first-order chi connectivity index (χ1) is 7.63. The maximum absolute atomic E-state index is 5.24. The molecule has 0 saturated heterocycles. The van der Waals surface area contributed by atoms with Gasteiger partial charge in [0.2, 0.25) is 0 Å². The summed E-state index contributed by atoms with van der Waals surface area (Å²) in [7, 11) is 2.05. The Labute approximate surface area is 101 Å². The molecule has 0 aliphatic rings. The van der Waals surface area contributed by atoms with Crippen LogP contribution in [0, 0.1) is 0 Å². The molecule has 3 N–H and O–H groups in total. The van der Waals surface area contributed by atoms with Crippen molar-refractivity contribution in [2.45, 2.75) is 6.92 Å². The molecular weight excluding hydrogens is 220 g/mol. The van der Waals surface area contributed by atoms with Crippen LogP contribution in [-0.4, -0.2) is 24.9 Å². The topological polar surface area (TPSA) is 53.6 Å². The Morgan fingerprint density at radius 2 is 2.12 bits per heavy atom. The summed E-state index contributed by atoms with van der Waals surface area (Å²) in [4.78, 5) is 2.16. The van der Waals surface area contributed by atoms with E-state index >= 15 is 0 Å². The minimum absolute atomic E-state index is 0.165. The van der Waals surface area contributed by atoms with Crippen molar-refractivity contribution in [2.75, 3.05) is 18.5 Å². The quantitative estimate of drug-likeness (QED) is 0.470. The molecule has 1 aromatic carbocycles. The number of hydrazone groups is 1. The third-order valence-corrected chi connectivity index (χ3v) is 2.29. The van der Waals surface area contributed by atoms with Gasteiger partial charge in [-0.3, -0.25) is 5.43 Å². The second-order valence-corrected chi connectivity index (χ2v) is 3.78. The summed E-state index contributed by atoms with van der Waals surface area (Å²) in [6, 6.07) is 8.08. The van der Waals surface area contributed by atoms with Crippen molar-refractivity contribution in [3.05, 3.63) is 29.8 Å². The van der Waals surface area contributed by atoms with E-state index in [0.717, 1.165) is 12.1 Å². The smallest absolute Gasteiger partial charge is 0.184 e. The lowest BCUT2D eigenvalue weighted by molar-refractivity contribution is 0.968. The standard InChI is InChI=1S/C11H16N4S/c1-3-15(2)10-6-4-9(5-7-10)8-13-14-11(12)16/h4-8H,3H2,1-2H3,(H3,12,14,16). The molecule has 4 nitrogen and oxygen atoms in total. The van der Waals surface area contributed by atoms with Gasteiger partial charge in [0, 0.05) is 19.3 Å². The number of nitrogens with one attached hydrogen (secondary N) is 1. The molecule has 0 aliphatic carbocycles. The first-order valence-corrected chi connectivity index (χ1v) is 5.44. The maximum atomic E-state index is 5.24. The molecule has 0 spiro atoms.